The molecule has 0 radical (unpaired) electrons. The molecule has 1 amide bonds. The maximum atomic E-state index is 12.6. The maximum Gasteiger partial charge on any atom is 0.254 e. The van der Waals surface area contributed by atoms with E-state index in [1.54, 1.807) is 17.9 Å². The van der Waals surface area contributed by atoms with Gasteiger partial charge in [0.1, 0.15) is 0 Å². The zero-order valence-electron chi connectivity index (χ0n) is 12.4. The third-order valence-electron chi connectivity index (χ3n) is 3.12. The second kappa shape index (κ2) is 6.37. The standard InChI is InChI=1S/C14H22N2O3S/c1-5-8-16(10(2)3)14(17)13-9-12(20(15,18)19)7-6-11(13)4/h6-7,9-10H,5,8H2,1-4H3,(H2,15,18,19). The number of carbonyl (C=O) groups excluding carboxylic acids is 1. The summed E-state index contributed by atoms with van der Waals surface area (Å²) in [7, 11) is -3.80. The van der Waals surface area contributed by atoms with Crippen molar-refractivity contribution in [2.75, 3.05) is 6.54 Å². The molecular formula is C14H22N2O3S. The van der Waals surface area contributed by atoms with E-state index in [0.29, 0.717) is 12.1 Å². The Morgan fingerprint density at radius 3 is 2.40 bits per heavy atom. The Morgan fingerprint density at radius 1 is 1.35 bits per heavy atom. The van der Waals surface area contributed by atoms with E-state index >= 15 is 0 Å². The van der Waals surface area contributed by atoms with Crippen molar-refractivity contribution in [2.24, 2.45) is 5.14 Å². The van der Waals surface area contributed by atoms with Crippen LogP contribution < -0.4 is 5.14 Å². The highest BCUT2D eigenvalue weighted by molar-refractivity contribution is 7.89. The zero-order chi connectivity index (χ0) is 15.5. The molecule has 0 fully saturated rings. The quantitative estimate of drug-likeness (QED) is 0.901. The van der Waals surface area contributed by atoms with Crippen molar-refractivity contribution in [2.45, 2.75) is 45.1 Å². The largest absolute Gasteiger partial charge is 0.336 e. The molecule has 20 heavy (non-hydrogen) atoms. The molecule has 0 unspecified atom stereocenters. The molecule has 0 saturated heterocycles. The number of primary sulfonamides is 1. The Bertz CT molecular complexity index is 594. The van der Waals surface area contributed by atoms with Crippen molar-refractivity contribution in [3.8, 4) is 0 Å². The monoisotopic (exact) mass is 298 g/mol. The van der Waals surface area contributed by atoms with Crippen LogP contribution in [0, 0.1) is 6.92 Å². The Kier molecular flexibility index (Phi) is 5.30. The molecule has 0 aliphatic carbocycles. The fourth-order valence-corrected chi connectivity index (χ4v) is 2.54. The lowest BCUT2D eigenvalue weighted by Crippen LogP contribution is -2.38. The second-order valence-electron chi connectivity index (χ2n) is 5.11. The molecule has 112 valence electrons. The number of hydrogen-bond acceptors (Lipinski definition) is 3. The number of aryl methyl sites for hydroxylation is 1. The molecule has 6 heteroatoms. The Balaban J connectivity index is 3.27. The maximum absolute atomic E-state index is 12.6. The highest BCUT2D eigenvalue weighted by Crippen LogP contribution is 2.18. The van der Waals surface area contributed by atoms with Gasteiger partial charge in [0.25, 0.3) is 5.91 Å². The molecule has 0 aliphatic heterocycles. The van der Waals surface area contributed by atoms with Crippen LogP contribution in [-0.4, -0.2) is 31.8 Å². The van der Waals surface area contributed by atoms with E-state index in [1.807, 2.05) is 20.8 Å². The summed E-state index contributed by atoms with van der Waals surface area (Å²) in [6.45, 7) is 8.29. The fraction of sp³-hybridized carbons (Fsp3) is 0.500. The summed E-state index contributed by atoms with van der Waals surface area (Å²) in [6.07, 6.45) is 0.845. The molecule has 0 aliphatic rings. The Labute approximate surface area is 120 Å². The fourth-order valence-electron chi connectivity index (χ4n) is 2.00. The Morgan fingerprint density at radius 2 is 1.95 bits per heavy atom. The summed E-state index contributed by atoms with van der Waals surface area (Å²) >= 11 is 0. The van der Waals surface area contributed by atoms with Crippen LogP contribution in [0.2, 0.25) is 0 Å². The van der Waals surface area contributed by atoms with Gasteiger partial charge in [-0.2, -0.15) is 0 Å². The molecule has 1 aromatic rings. The van der Waals surface area contributed by atoms with Gasteiger partial charge in [-0.15, -0.1) is 0 Å². The molecule has 0 spiro atoms. The van der Waals surface area contributed by atoms with Gasteiger partial charge in [-0.3, -0.25) is 4.79 Å². The number of benzene rings is 1. The molecule has 0 aromatic heterocycles. The van der Waals surface area contributed by atoms with Gasteiger partial charge in [0, 0.05) is 18.2 Å². The number of nitrogens with two attached hydrogens (primary N) is 1. The molecule has 0 bridgehead atoms. The first-order chi connectivity index (χ1) is 9.18. The number of rotatable bonds is 5. The van der Waals surface area contributed by atoms with Crippen molar-refractivity contribution in [1.29, 1.82) is 0 Å². The topological polar surface area (TPSA) is 80.5 Å². The number of nitrogens with zero attached hydrogens (tertiary/aromatic N) is 1. The van der Waals surface area contributed by atoms with Gasteiger partial charge in [0.2, 0.25) is 10.0 Å². The highest BCUT2D eigenvalue weighted by atomic mass is 32.2. The third-order valence-corrected chi connectivity index (χ3v) is 4.03. The Hall–Kier alpha value is -1.40. The van der Waals surface area contributed by atoms with Crippen molar-refractivity contribution in [3.05, 3.63) is 29.3 Å². The van der Waals surface area contributed by atoms with Gasteiger partial charge in [-0.25, -0.2) is 13.6 Å². The first kappa shape index (κ1) is 16.7. The lowest BCUT2D eigenvalue weighted by atomic mass is 10.1. The SMILES string of the molecule is CCCN(C(=O)c1cc(S(N)(=O)=O)ccc1C)C(C)C. The van der Waals surface area contributed by atoms with Gasteiger partial charge in [0.15, 0.2) is 0 Å². The number of carbonyl (C=O) groups is 1. The lowest BCUT2D eigenvalue weighted by Gasteiger charge is -2.27. The van der Waals surface area contributed by atoms with Crippen LogP contribution in [0.15, 0.2) is 23.1 Å². The smallest absolute Gasteiger partial charge is 0.254 e. The normalized spacial score (nSPS) is 11.7. The average molecular weight is 298 g/mol. The number of amides is 1. The second-order valence-corrected chi connectivity index (χ2v) is 6.68. The minimum atomic E-state index is -3.80. The minimum absolute atomic E-state index is 0.0355. The number of sulfonamides is 1. The van der Waals surface area contributed by atoms with Gasteiger partial charge < -0.3 is 4.90 Å². The van der Waals surface area contributed by atoms with Crippen LogP contribution in [-0.2, 0) is 10.0 Å². The van der Waals surface area contributed by atoms with Gasteiger partial charge in [-0.1, -0.05) is 13.0 Å². The summed E-state index contributed by atoms with van der Waals surface area (Å²) in [4.78, 5) is 14.3. The minimum Gasteiger partial charge on any atom is -0.336 e. The van der Waals surface area contributed by atoms with Crippen LogP contribution in [0.25, 0.3) is 0 Å². The van der Waals surface area contributed by atoms with Crippen LogP contribution in [0.1, 0.15) is 43.1 Å². The van der Waals surface area contributed by atoms with Crippen molar-refractivity contribution >= 4 is 15.9 Å². The molecular weight excluding hydrogens is 276 g/mol. The third kappa shape index (κ3) is 3.80. The van der Waals surface area contributed by atoms with Crippen molar-refractivity contribution in [1.82, 2.24) is 4.90 Å². The summed E-state index contributed by atoms with van der Waals surface area (Å²) in [5.74, 6) is -0.162. The molecule has 0 atom stereocenters. The molecule has 2 N–H and O–H groups in total. The molecule has 1 rings (SSSR count). The van der Waals surface area contributed by atoms with Crippen molar-refractivity contribution in [3.63, 3.8) is 0 Å². The van der Waals surface area contributed by atoms with Crippen LogP contribution in [0.3, 0.4) is 0 Å². The zero-order valence-corrected chi connectivity index (χ0v) is 13.2. The predicted octanol–water partition coefficient (Wildman–Crippen LogP) is 1.90. The summed E-state index contributed by atoms with van der Waals surface area (Å²) in [5.41, 5.74) is 1.13. The lowest BCUT2D eigenvalue weighted by molar-refractivity contribution is 0.0705. The molecule has 0 saturated carbocycles. The van der Waals surface area contributed by atoms with Crippen molar-refractivity contribution < 1.29 is 13.2 Å². The highest BCUT2D eigenvalue weighted by Gasteiger charge is 2.21. The van der Waals surface area contributed by atoms with Crippen LogP contribution >= 0.6 is 0 Å². The van der Waals surface area contributed by atoms with E-state index in [4.69, 9.17) is 5.14 Å². The predicted molar refractivity (Wildman–Crippen MR) is 79.0 cm³/mol. The van der Waals surface area contributed by atoms with E-state index in [9.17, 15) is 13.2 Å². The summed E-state index contributed by atoms with van der Waals surface area (Å²) in [5, 5.41) is 5.12. The molecule has 0 heterocycles. The first-order valence-corrected chi connectivity index (χ1v) is 8.17. The summed E-state index contributed by atoms with van der Waals surface area (Å²) < 4.78 is 22.8. The van der Waals surface area contributed by atoms with Gasteiger partial charge in [-0.05, 0) is 44.9 Å². The van der Waals surface area contributed by atoms with E-state index in [-0.39, 0.29) is 16.8 Å². The van der Waals surface area contributed by atoms with Crippen LogP contribution in [0.5, 0.6) is 0 Å². The molecule has 1 aromatic carbocycles. The molecule has 5 nitrogen and oxygen atoms in total. The van der Waals surface area contributed by atoms with Gasteiger partial charge >= 0.3 is 0 Å². The van der Waals surface area contributed by atoms with E-state index in [1.165, 1.54) is 12.1 Å². The van der Waals surface area contributed by atoms with E-state index < -0.39 is 10.0 Å². The average Bonchev–Trinajstić information content (AvgIpc) is 2.34. The summed E-state index contributed by atoms with van der Waals surface area (Å²) in [6, 6.07) is 4.44. The van der Waals surface area contributed by atoms with Crippen LogP contribution in [0.4, 0.5) is 0 Å². The van der Waals surface area contributed by atoms with E-state index in [2.05, 4.69) is 0 Å². The number of hydrogen-bond donors (Lipinski definition) is 1. The van der Waals surface area contributed by atoms with Gasteiger partial charge in [0.05, 0.1) is 4.90 Å². The van der Waals surface area contributed by atoms with E-state index in [0.717, 1.165) is 12.0 Å². The first-order valence-electron chi connectivity index (χ1n) is 6.63.